The fourth-order valence-corrected chi connectivity index (χ4v) is 4.71. The first-order valence-electron chi connectivity index (χ1n) is 8.32. The maximum atomic E-state index is 12.7. The van der Waals surface area contributed by atoms with Crippen molar-refractivity contribution in [1.82, 2.24) is 9.21 Å². The van der Waals surface area contributed by atoms with Crippen molar-refractivity contribution in [2.75, 3.05) is 40.4 Å². The van der Waals surface area contributed by atoms with Crippen molar-refractivity contribution in [3.8, 4) is 0 Å². The van der Waals surface area contributed by atoms with E-state index in [0.717, 1.165) is 30.6 Å². The van der Waals surface area contributed by atoms with Gasteiger partial charge in [0.1, 0.15) is 0 Å². The van der Waals surface area contributed by atoms with Gasteiger partial charge in [0.15, 0.2) is 0 Å². The van der Waals surface area contributed by atoms with Crippen LogP contribution in [0.4, 0.5) is 0 Å². The maximum absolute atomic E-state index is 12.7. The van der Waals surface area contributed by atoms with E-state index in [1.54, 1.807) is 14.2 Å². The largest absolute Gasteiger partial charge is 0.392 e. The quantitative estimate of drug-likeness (QED) is 0.754. The zero-order valence-electron chi connectivity index (χ0n) is 14.5. The van der Waals surface area contributed by atoms with Crippen LogP contribution in [-0.4, -0.2) is 68.4 Å². The number of likely N-dealkylation sites (N-methyl/N-ethyl adjacent to an activating group) is 1. The first-order chi connectivity index (χ1) is 11.5. The van der Waals surface area contributed by atoms with E-state index in [2.05, 4.69) is 4.90 Å². The summed E-state index contributed by atoms with van der Waals surface area (Å²) in [6.45, 7) is 3.04. The number of hydrogen-bond donors (Lipinski definition) is 1. The number of ether oxygens (including phenoxy) is 1. The summed E-state index contributed by atoms with van der Waals surface area (Å²) in [6.07, 6.45) is 1.59. The smallest absolute Gasteiger partial charge is 0.218 e. The molecule has 0 spiro atoms. The van der Waals surface area contributed by atoms with Crippen molar-refractivity contribution in [2.45, 2.75) is 31.2 Å². The van der Waals surface area contributed by atoms with Crippen LogP contribution in [0.15, 0.2) is 24.3 Å². The van der Waals surface area contributed by atoms with E-state index in [9.17, 15) is 8.42 Å². The van der Waals surface area contributed by atoms with Crippen LogP contribution in [0.1, 0.15) is 24.0 Å². The minimum absolute atomic E-state index is 0.0398. The molecule has 1 aromatic rings. The molecule has 7 heteroatoms. The summed E-state index contributed by atoms with van der Waals surface area (Å²) in [7, 11) is -0.0914. The highest BCUT2D eigenvalue weighted by atomic mass is 32.2. The predicted octanol–water partition coefficient (Wildman–Crippen LogP) is 1.05. The number of methoxy groups -OCH3 is 1. The van der Waals surface area contributed by atoms with Crippen LogP contribution >= 0.6 is 0 Å². The summed E-state index contributed by atoms with van der Waals surface area (Å²) in [5, 5.41) is 8.74. The molecular formula is C17H28N2O4S. The Morgan fingerprint density at radius 3 is 2.58 bits per heavy atom. The van der Waals surface area contributed by atoms with Gasteiger partial charge in [-0.3, -0.25) is 4.90 Å². The molecule has 0 aliphatic carbocycles. The molecule has 2 rings (SSSR count). The van der Waals surface area contributed by atoms with E-state index in [4.69, 9.17) is 9.84 Å². The third kappa shape index (κ3) is 5.00. The van der Waals surface area contributed by atoms with Gasteiger partial charge in [0.05, 0.1) is 18.5 Å². The molecule has 1 aromatic carbocycles. The zero-order valence-corrected chi connectivity index (χ0v) is 15.3. The van der Waals surface area contributed by atoms with Gasteiger partial charge in [0.2, 0.25) is 10.0 Å². The van der Waals surface area contributed by atoms with Crippen LogP contribution in [0, 0.1) is 0 Å². The molecule has 0 amide bonds. The number of aliphatic hydroxyl groups is 1. The van der Waals surface area contributed by atoms with E-state index in [0.29, 0.717) is 26.1 Å². The number of hydrogen-bond acceptors (Lipinski definition) is 5. The van der Waals surface area contributed by atoms with E-state index in [-0.39, 0.29) is 11.9 Å². The number of benzene rings is 1. The average Bonchev–Trinajstić information content (AvgIpc) is 2.60. The van der Waals surface area contributed by atoms with E-state index < -0.39 is 10.0 Å². The SMILES string of the molecule is COCCN(C)S(=O)(=O)C1CCCN(Cc2ccc(CO)cc2)C1. The van der Waals surface area contributed by atoms with Gasteiger partial charge in [-0.1, -0.05) is 24.3 Å². The van der Waals surface area contributed by atoms with Crippen LogP contribution in [-0.2, 0) is 27.9 Å². The highest BCUT2D eigenvalue weighted by molar-refractivity contribution is 7.89. The first-order valence-corrected chi connectivity index (χ1v) is 9.83. The Kier molecular flexibility index (Phi) is 7.18. The molecule has 1 aliphatic heterocycles. The molecule has 136 valence electrons. The molecule has 0 bridgehead atoms. The van der Waals surface area contributed by atoms with Crippen molar-refractivity contribution in [2.24, 2.45) is 0 Å². The Balaban J connectivity index is 1.97. The van der Waals surface area contributed by atoms with Crippen LogP contribution in [0.3, 0.4) is 0 Å². The van der Waals surface area contributed by atoms with Gasteiger partial charge >= 0.3 is 0 Å². The lowest BCUT2D eigenvalue weighted by Crippen LogP contribution is -2.47. The number of piperidine rings is 1. The lowest BCUT2D eigenvalue weighted by Gasteiger charge is -2.34. The molecule has 1 heterocycles. The molecule has 1 unspecified atom stereocenters. The fourth-order valence-electron chi connectivity index (χ4n) is 3.01. The summed E-state index contributed by atoms with van der Waals surface area (Å²) in [5.41, 5.74) is 2.02. The van der Waals surface area contributed by atoms with E-state index >= 15 is 0 Å². The summed E-state index contributed by atoms with van der Waals surface area (Å²) in [6, 6.07) is 7.81. The van der Waals surface area contributed by atoms with E-state index in [1.165, 1.54) is 4.31 Å². The molecule has 24 heavy (non-hydrogen) atoms. The minimum atomic E-state index is -3.29. The van der Waals surface area contributed by atoms with Crippen LogP contribution in [0.5, 0.6) is 0 Å². The second-order valence-electron chi connectivity index (χ2n) is 6.33. The summed E-state index contributed by atoms with van der Waals surface area (Å²) in [5.74, 6) is 0. The number of aliphatic hydroxyl groups excluding tert-OH is 1. The number of sulfonamides is 1. The summed E-state index contributed by atoms with van der Waals surface area (Å²) >= 11 is 0. The monoisotopic (exact) mass is 356 g/mol. The molecule has 1 aliphatic rings. The van der Waals surface area contributed by atoms with Crippen molar-refractivity contribution in [3.63, 3.8) is 0 Å². The van der Waals surface area contributed by atoms with Gasteiger partial charge in [-0.25, -0.2) is 12.7 Å². The van der Waals surface area contributed by atoms with Crippen LogP contribution < -0.4 is 0 Å². The summed E-state index contributed by atoms with van der Waals surface area (Å²) < 4.78 is 31.8. The molecule has 1 atom stereocenters. The van der Waals surface area contributed by atoms with Crippen molar-refractivity contribution < 1.29 is 18.3 Å². The van der Waals surface area contributed by atoms with Gasteiger partial charge in [0, 0.05) is 33.8 Å². The molecule has 1 N–H and O–H groups in total. The van der Waals surface area contributed by atoms with Crippen molar-refractivity contribution >= 4 is 10.0 Å². The minimum Gasteiger partial charge on any atom is -0.392 e. The molecule has 0 aromatic heterocycles. The van der Waals surface area contributed by atoms with Crippen molar-refractivity contribution in [3.05, 3.63) is 35.4 Å². The topological polar surface area (TPSA) is 70.1 Å². The fraction of sp³-hybridized carbons (Fsp3) is 0.647. The Morgan fingerprint density at radius 2 is 1.96 bits per heavy atom. The molecular weight excluding hydrogens is 328 g/mol. The number of nitrogens with zero attached hydrogens (tertiary/aromatic N) is 2. The third-order valence-electron chi connectivity index (χ3n) is 4.54. The molecule has 6 nitrogen and oxygen atoms in total. The average molecular weight is 356 g/mol. The predicted molar refractivity (Wildman–Crippen MR) is 94.1 cm³/mol. The number of likely N-dealkylation sites (tertiary alicyclic amines) is 1. The Hall–Kier alpha value is -0.990. The molecule has 0 saturated carbocycles. The zero-order chi connectivity index (χ0) is 17.6. The highest BCUT2D eigenvalue weighted by Gasteiger charge is 2.33. The second kappa shape index (κ2) is 8.92. The lowest BCUT2D eigenvalue weighted by molar-refractivity contribution is 0.182. The van der Waals surface area contributed by atoms with Crippen molar-refractivity contribution in [1.29, 1.82) is 0 Å². The highest BCUT2D eigenvalue weighted by Crippen LogP contribution is 2.21. The number of rotatable bonds is 8. The van der Waals surface area contributed by atoms with Gasteiger partial charge in [-0.2, -0.15) is 0 Å². The van der Waals surface area contributed by atoms with E-state index in [1.807, 2.05) is 24.3 Å². The normalized spacial score (nSPS) is 19.8. The van der Waals surface area contributed by atoms with Crippen LogP contribution in [0.2, 0.25) is 0 Å². The molecule has 1 saturated heterocycles. The lowest BCUT2D eigenvalue weighted by atomic mass is 10.1. The van der Waals surface area contributed by atoms with Gasteiger partial charge < -0.3 is 9.84 Å². The van der Waals surface area contributed by atoms with Gasteiger partial charge in [-0.05, 0) is 30.5 Å². The first kappa shape index (κ1) is 19.3. The molecule has 0 radical (unpaired) electrons. The third-order valence-corrected chi connectivity index (χ3v) is 6.82. The summed E-state index contributed by atoms with van der Waals surface area (Å²) in [4.78, 5) is 2.20. The molecule has 1 fully saturated rings. The van der Waals surface area contributed by atoms with Gasteiger partial charge in [-0.15, -0.1) is 0 Å². The Bertz CT molecular complexity index is 604. The van der Waals surface area contributed by atoms with Gasteiger partial charge in [0.25, 0.3) is 0 Å². The Labute approximate surface area is 145 Å². The standard InChI is InChI=1S/C17H28N2O4S/c1-18(10-11-23-2)24(21,22)17-4-3-9-19(13-17)12-15-5-7-16(14-20)8-6-15/h5-8,17,20H,3-4,9-14H2,1-2H3. The van der Waals surface area contributed by atoms with Crippen LogP contribution in [0.25, 0.3) is 0 Å². The second-order valence-corrected chi connectivity index (χ2v) is 8.65. The Morgan fingerprint density at radius 1 is 1.29 bits per heavy atom. The maximum Gasteiger partial charge on any atom is 0.218 e.